The molecular weight excluding hydrogens is 240 g/mol. The fourth-order valence-corrected chi connectivity index (χ4v) is 2.63. The summed E-state index contributed by atoms with van der Waals surface area (Å²) in [4.78, 5) is 4.46. The van der Waals surface area contributed by atoms with Gasteiger partial charge < -0.3 is 5.32 Å². The number of aliphatic imine (C=N–C) groups is 1. The Morgan fingerprint density at radius 1 is 1.56 bits per heavy atom. The van der Waals surface area contributed by atoms with Gasteiger partial charge in [-0.05, 0) is 31.0 Å². The SMILES string of the molecule is CCC1CN=C(Nc2ccc(C)c(Cl)c2)S1. The van der Waals surface area contributed by atoms with Gasteiger partial charge in [-0.3, -0.25) is 4.99 Å². The first kappa shape index (κ1) is 11.8. The molecule has 1 heterocycles. The molecular formula is C12H15ClN2S. The highest BCUT2D eigenvalue weighted by atomic mass is 35.5. The van der Waals surface area contributed by atoms with Gasteiger partial charge >= 0.3 is 0 Å². The van der Waals surface area contributed by atoms with E-state index in [9.17, 15) is 0 Å². The average Bonchev–Trinajstić information content (AvgIpc) is 2.71. The molecule has 1 aromatic rings. The lowest BCUT2D eigenvalue weighted by atomic mass is 10.2. The molecule has 16 heavy (non-hydrogen) atoms. The van der Waals surface area contributed by atoms with Crippen molar-refractivity contribution in [1.29, 1.82) is 0 Å². The number of amidine groups is 1. The number of hydrogen-bond donors (Lipinski definition) is 1. The van der Waals surface area contributed by atoms with Crippen LogP contribution in [0.2, 0.25) is 5.02 Å². The van der Waals surface area contributed by atoms with Crippen molar-refractivity contribution in [3.05, 3.63) is 28.8 Å². The van der Waals surface area contributed by atoms with Gasteiger partial charge in [0.2, 0.25) is 0 Å². The first-order chi connectivity index (χ1) is 7.69. The Hall–Kier alpha value is -0.670. The lowest BCUT2D eigenvalue weighted by Crippen LogP contribution is -2.06. The van der Waals surface area contributed by atoms with Crippen LogP contribution in [0, 0.1) is 6.92 Å². The van der Waals surface area contributed by atoms with Gasteiger partial charge in [0.25, 0.3) is 0 Å². The molecule has 1 aliphatic rings. The summed E-state index contributed by atoms with van der Waals surface area (Å²) in [6, 6.07) is 5.99. The van der Waals surface area contributed by atoms with Crippen molar-refractivity contribution in [3.8, 4) is 0 Å². The number of hydrogen-bond acceptors (Lipinski definition) is 3. The first-order valence-corrected chi connectivity index (χ1v) is 6.69. The second kappa shape index (κ2) is 5.11. The van der Waals surface area contributed by atoms with Crippen LogP contribution in [-0.2, 0) is 0 Å². The Morgan fingerprint density at radius 3 is 3.00 bits per heavy atom. The minimum Gasteiger partial charge on any atom is -0.335 e. The number of rotatable bonds is 2. The highest BCUT2D eigenvalue weighted by molar-refractivity contribution is 8.15. The van der Waals surface area contributed by atoms with E-state index in [0.29, 0.717) is 5.25 Å². The number of thioether (sulfide) groups is 1. The second-order valence-corrected chi connectivity index (χ2v) is 5.58. The summed E-state index contributed by atoms with van der Waals surface area (Å²) >= 11 is 7.88. The fraction of sp³-hybridized carbons (Fsp3) is 0.417. The molecule has 2 rings (SSSR count). The van der Waals surface area contributed by atoms with E-state index < -0.39 is 0 Å². The van der Waals surface area contributed by atoms with Gasteiger partial charge in [0.15, 0.2) is 5.17 Å². The van der Waals surface area contributed by atoms with Gasteiger partial charge in [-0.25, -0.2) is 0 Å². The van der Waals surface area contributed by atoms with E-state index >= 15 is 0 Å². The van der Waals surface area contributed by atoms with Crippen LogP contribution in [0.5, 0.6) is 0 Å². The Morgan fingerprint density at radius 2 is 2.38 bits per heavy atom. The number of nitrogens with one attached hydrogen (secondary N) is 1. The standard InChI is InChI=1S/C12H15ClN2S/c1-3-10-7-14-12(16-10)15-9-5-4-8(2)11(13)6-9/h4-6,10H,3,7H2,1-2H3,(H,14,15). The maximum atomic E-state index is 6.07. The van der Waals surface area contributed by atoms with Crippen LogP contribution in [0.15, 0.2) is 23.2 Å². The van der Waals surface area contributed by atoms with Crippen molar-refractivity contribution < 1.29 is 0 Å². The van der Waals surface area contributed by atoms with E-state index in [1.165, 1.54) is 0 Å². The number of aryl methyl sites for hydroxylation is 1. The molecule has 0 spiro atoms. The van der Waals surface area contributed by atoms with Crippen LogP contribution in [0.4, 0.5) is 5.69 Å². The molecule has 0 saturated heterocycles. The molecule has 86 valence electrons. The van der Waals surface area contributed by atoms with Gasteiger partial charge in [0, 0.05) is 16.0 Å². The van der Waals surface area contributed by atoms with Crippen LogP contribution < -0.4 is 5.32 Å². The third kappa shape index (κ3) is 2.71. The summed E-state index contributed by atoms with van der Waals surface area (Å²) < 4.78 is 0. The Kier molecular flexibility index (Phi) is 3.77. The highest BCUT2D eigenvalue weighted by Crippen LogP contribution is 2.26. The molecule has 0 amide bonds. The number of anilines is 1. The van der Waals surface area contributed by atoms with E-state index in [4.69, 9.17) is 11.6 Å². The quantitative estimate of drug-likeness (QED) is 0.865. The molecule has 0 radical (unpaired) electrons. The molecule has 0 saturated carbocycles. The zero-order valence-corrected chi connectivity index (χ0v) is 11.0. The van der Waals surface area contributed by atoms with Crippen molar-refractivity contribution in [2.24, 2.45) is 4.99 Å². The minimum atomic E-state index is 0.628. The van der Waals surface area contributed by atoms with Crippen molar-refractivity contribution in [2.75, 3.05) is 11.9 Å². The van der Waals surface area contributed by atoms with Gasteiger partial charge in [0.1, 0.15) is 0 Å². The third-order valence-corrected chi connectivity index (χ3v) is 4.27. The largest absolute Gasteiger partial charge is 0.335 e. The molecule has 1 N–H and O–H groups in total. The topological polar surface area (TPSA) is 24.4 Å². The molecule has 2 nitrogen and oxygen atoms in total. The lowest BCUT2D eigenvalue weighted by molar-refractivity contribution is 0.843. The molecule has 1 atom stereocenters. The fourth-order valence-electron chi connectivity index (χ4n) is 1.49. The molecule has 1 unspecified atom stereocenters. The van der Waals surface area contributed by atoms with E-state index in [1.54, 1.807) is 0 Å². The summed E-state index contributed by atoms with van der Waals surface area (Å²) in [5, 5.41) is 5.73. The molecule has 1 aliphatic heterocycles. The van der Waals surface area contributed by atoms with Gasteiger partial charge in [-0.15, -0.1) is 0 Å². The molecule has 0 aliphatic carbocycles. The first-order valence-electron chi connectivity index (χ1n) is 5.43. The van der Waals surface area contributed by atoms with Gasteiger partial charge in [-0.1, -0.05) is 36.4 Å². The Balaban J connectivity index is 2.02. The summed E-state index contributed by atoms with van der Waals surface area (Å²) in [6.07, 6.45) is 1.16. The van der Waals surface area contributed by atoms with E-state index in [1.807, 2.05) is 36.9 Å². The summed E-state index contributed by atoms with van der Waals surface area (Å²) in [5.74, 6) is 0. The lowest BCUT2D eigenvalue weighted by Gasteiger charge is -2.08. The third-order valence-electron chi connectivity index (χ3n) is 2.60. The second-order valence-electron chi connectivity index (χ2n) is 3.88. The zero-order valence-electron chi connectivity index (χ0n) is 9.46. The zero-order chi connectivity index (χ0) is 11.5. The predicted octanol–water partition coefficient (Wildman–Crippen LogP) is 3.94. The van der Waals surface area contributed by atoms with Crippen LogP contribution in [-0.4, -0.2) is 17.0 Å². The Labute approximate surface area is 105 Å². The molecule has 1 aromatic carbocycles. The van der Waals surface area contributed by atoms with E-state index in [2.05, 4.69) is 17.2 Å². The molecule has 0 bridgehead atoms. The molecule has 0 fully saturated rings. The van der Waals surface area contributed by atoms with E-state index in [0.717, 1.165) is 34.4 Å². The normalized spacial score (nSPS) is 19.7. The number of nitrogens with zero attached hydrogens (tertiary/aromatic N) is 1. The number of halogens is 1. The molecule has 4 heteroatoms. The van der Waals surface area contributed by atoms with Crippen molar-refractivity contribution in [2.45, 2.75) is 25.5 Å². The monoisotopic (exact) mass is 254 g/mol. The summed E-state index contributed by atoms with van der Waals surface area (Å²) in [7, 11) is 0. The minimum absolute atomic E-state index is 0.628. The smallest absolute Gasteiger partial charge is 0.161 e. The van der Waals surface area contributed by atoms with Crippen LogP contribution in [0.3, 0.4) is 0 Å². The van der Waals surface area contributed by atoms with Gasteiger partial charge in [0.05, 0.1) is 6.54 Å². The van der Waals surface area contributed by atoms with Crippen molar-refractivity contribution in [1.82, 2.24) is 0 Å². The average molecular weight is 255 g/mol. The number of benzene rings is 1. The maximum Gasteiger partial charge on any atom is 0.161 e. The predicted molar refractivity (Wildman–Crippen MR) is 73.8 cm³/mol. The van der Waals surface area contributed by atoms with Crippen LogP contribution in [0.25, 0.3) is 0 Å². The van der Waals surface area contributed by atoms with Gasteiger partial charge in [-0.2, -0.15) is 0 Å². The van der Waals surface area contributed by atoms with Crippen molar-refractivity contribution >= 4 is 34.2 Å². The highest BCUT2D eigenvalue weighted by Gasteiger charge is 2.17. The maximum absolute atomic E-state index is 6.07. The summed E-state index contributed by atoms with van der Waals surface area (Å²) in [5.41, 5.74) is 2.11. The van der Waals surface area contributed by atoms with Crippen LogP contribution >= 0.6 is 23.4 Å². The van der Waals surface area contributed by atoms with Crippen molar-refractivity contribution in [3.63, 3.8) is 0 Å². The Bertz CT molecular complexity index is 417. The molecule has 0 aromatic heterocycles. The van der Waals surface area contributed by atoms with Crippen LogP contribution in [0.1, 0.15) is 18.9 Å². The summed E-state index contributed by atoms with van der Waals surface area (Å²) in [6.45, 7) is 5.11. The van der Waals surface area contributed by atoms with E-state index in [-0.39, 0.29) is 0 Å².